The van der Waals surface area contributed by atoms with Gasteiger partial charge >= 0.3 is 0 Å². The SMILES string of the molecule is OCC1CCCCCN1CCc1ccccc1. The monoisotopic (exact) mass is 233 g/mol. The van der Waals surface area contributed by atoms with E-state index in [4.69, 9.17) is 0 Å². The van der Waals surface area contributed by atoms with Gasteiger partial charge in [0, 0.05) is 12.6 Å². The van der Waals surface area contributed by atoms with Gasteiger partial charge in [0.15, 0.2) is 0 Å². The Kier molecular flexibility index (Phi) is 5.02. The van der Waals surface area contributed by atoms with Gasteiger partial charge < -0.3 is 5.11 Å². The van der Waals surface area contributed by atoms with Gasteiger partial charge in [0.2, 0.25) is 0 Å². The molecule has 0 aromatic heterocycles. The Balaban J connectivity index is 1.87. The maximum absolute atomic E-state index is 9.44. The molecule has 17 heavy (non-hydrogen) atoms. The molecule has 0 spiro atoms. The number of aliphatic hydroxyl groups is 1. The van der Waals surface area contributed by atoms with E-state index in [1.807, 2.05) is 0 Å². The van der Waals surface area contributed by atoms with Crippen LogP contribution < -0.4 is 0 Å². The van der Waals surface area contributed by atoms with Crippen LogP contribution in [0.4, 0.5) is 0 Å². The Labute approximate surface area is 104 Å². The maximum Gasteiger partial charge on any atom is 0.0586 e. The van der Waals surface area contributed by atoms with Crippen molar-refractivity contribution in [3.8, 4) is 0 Å². The Bertz CT molecular complexity index is 312. The summed E-state index contributed by atoms with van der Waals surface area (Å²) in [6.45, 7) is 2.54. The van der Waals surface area contributed by atoms with Crippen molar-refractivity contribution in [1.82, 2.24) is 4.90 Å². The molecule has 0 radical (unpaired) electrons. The second-order valence-electron chi connectivity index (χ2n) is 4.96. The van der Waals surface area contributed by atoms with Crippen molar-refractivity contribution in [2.75, 3.05) is 19.7 Å². The van der Waals surface area contributed by atoms with Crippen molar-refractivity contribution < 1.29 is 5.11 Å². The van der Waals surface area contributed by atoms with Crippen molar-refractivity contribution >= 4 is 0 Å². The molecule has 1 aliphatic rings. The quantitative estimate of drug-likeness (QED) is 0.863. The van der Waals surface area contributed by atoms with Crippen LogP contribution in [0.25, 0.3) is 0 Å². The molecule has 1 N–H and O–H groups in total. The second-order valence-corrected chi connectivity index (χ2v) is 4.96. The summed E-state index contributed by atoms with van der Waals surface area (Å²) in [6, 6.07) is 11.0. The summed E-state index contributed by atoms with van der Waals surface area (Å²) < 4.78 is 0. The van der Waals surface area contributed by atoms with Crippen molar-refractivity contribution in [2.24, 2.45) is 0 Å². The summed E-state index contributed by atoms with van der Waals surface area (Å²) in [5.41, 5.74) is 1.40. The molecule has 1 heterocycles. The van der Waals surface area contributed by atoms with Gasteiger partial charge in [0.05, 0.1) is 6.61 Å². The first kappa shape index (κ1) is 12.6. The Morgan fingerprint density at radius 2 is 1.94 bits per heavy atom. The Hall–Kier alpha value is -0.860. The van der Waals surface area contributed by atoms with Crippen LogP contribution in [0.5, 0.6) is 0 Å². The zero-order chi connectivity index (χ0) is 11.9. The van der Waals surface area contributed by atoms with E-state index in [1.54, 1.807) is 0 Å². The van der Waals surface area contributed by atoms with Gasteiger partial charge in [-0.3, -0.25) is 4.90 Å². The normalized spacial score (nSPS) is 22.3. The number of hydrogen-bond donors (Lipinski definition) is 1. The number of rotatable bonds is 4. The third-order valence-electron chi connectivity index (χ3n) is 3.74. The minimum absolute atomic E-state index is 0.314. The van der Waals surface area contributed by atoms with Crippen LogP contribution in [-0.2, 0) is 6.42 Å². The average molecular weight is 233 g/mol. The van der Waals surface area contributed by atoms with Crippen LogP contribution in [0.2, 0.25) is 0 Å². The Morgan fingerprint density at radius 1 is 1.12 bits per heavy atom. The fourth-order valence-electron chi connectivity index (χ4n) is 2.66. The predicted octanol–water partition coefficient (Wildman–Crippen LogP) is 2.47. The summed E-state index contributed by atoms with van der Waals surface area (Å²) >= 11 is 0. The first-order chi connectivity index (χ1) is 8.40. The van der Waals surface area contributed by atoms with E-state index in [0.29, 0.717) is 12.6 Å². The van der Waals surface area contributed by atoms with E-state index in [-0.39, 0.29) is 0 Å². The number of hydrogen-bond acceptors (Lipinski definition) is 2. The second kappa shape index (κ2) is 6.77. The largest absolute Gasteiger partial charge is 0.395 e. The molecular formula is C15H23NO. The minimum Gasteiger partial charge on any atom is -0.395 e. The lowest BCUT2D eigenvalue weighted by atomic mass is 10.1. The summed E-state index contributed by atoms with van der Waals surface area (Å²) in [5.74, 6) is 0. The molecule has 0 aliphatic carbocycles. The van der Waals surface area contributed by atoms with Gasteiger partial charge in [-0.1, -0.05) is 43.2 Å². The van der Waals surface area contributed by atoms with Crippen molar-refractivity contribution in [3.05, 3.63) is 35.9 Å². The van der Waals surface area contributed by atoms with Gasteiger partial charge in [0.25, 0.3) is 0 Å². The molecule has 0 saturated carbocycles. The minimum atomic E-state index is 0.314. The van der Waals surface area contributed by atoms with Gasteiger partial charge in [-0.05, 0) is 31.4 Å². The number of nitrogens with zero attached hydrogens (tertiary/aromatic N) is 1. The fourth-order valence-corrected chi connectivity index (χ4v) is 2.66. The highest BCUT2D eigenvalue weighted by Crippen LogP contribution is 2.16. The number of benzene rings is 1. The maximum atomic E-state index is 9.44. The van der Waals surface area contributed by atoms with Crippen LogP contribution in [-0.4, -0.2) is 35.7 Å². The molecule has 1 aromatic carbocycles. The lowest BCUT2D eigenvalue weighted by molar-refractivity contribution is 0.125. The van der Waals surface area contributed by atoms with Gasteiger partial charge in [-0.25, -0.2) is 0 Å². The van der Waals surface area contributed by atoms with Gasteiger partial charge in [-0.15, -0.1) is 0 Å². The van der Waals surface area contributed by atoms with Crippen LogP contribution in [0.3, 0.4) is 0 Å². The smallest absolute Gasteiger partial charge is 0.0586 e. The summed E-state index contributed by atoms with van der Waals surface area (Å²) in [7, 11) is 0. The summed E-state index contributed by atoms with van der Waals surface area (Å²) in [6.07, 6.45) is 6.12. The van der Waals surface area contributed by atoms with Crippen molar-refractivity contribution in [3.63, 3.8) is 0 Å². The average Bonchev–Trinajstić information content (AvgIpc) is 2.62. The van der Waals surface area contributed by atoms with Crippen molar-refractivity contribution in [1.29, 1.82) is 0 Å². The Morgan fingerprint density at radius 3 is 2.71 bits per heavy atom. The summed E-state index contributed by atoms with van der Waals surface area (Å²) in [4.78, 5) is 2.47. The molecule has 0 bridgehead atoms. The first-order valence-corrected chi connectivity index (χ1v) is 6.79. The van der Waals surface area contributed by atoms with Gasteiger partial charge in [0.1, 0.15) is 0 Å². The number of likely N-dealkylation sites (tertiary alicyclic amines) is 1. The topological polar surface area (TPSA) is 23.5 Å². The highest BCUT2D eigenvalue weighted by molar-refractivity contribution is 5.14. The molecule has 94 valence electrons. The molecule has 2 rings (SSSR count). The highest BCUT2D eigenvalue weighted by Gasteiger charge is 2.19. The van der Waals surface area contributed by atoms with Crippen LogP contribution in [0.15, 0.2) is 30.3 Å². The molecule has 1 aromatic rings. The lowest BCUT2D eigenvalue weighted by Crippen LogP contribution is -2.38. The predicted molar refractivity (Wildman–Crippen MR) is 71.1 cm³/mol. The van der Waals surface area contributed by atoms with E-state index >= 15 is 0 Å². The molecule has 1 saturated heterocycles. The van der Waals surface area contributed by atoms with Crippen LogP contribution in [0, 0.1) is 0 Å². The third-order valence-corrected chi connectivity index (χ3v) is 3.74. The third kappa shape index (κ3) is 3.83. The zero-order valence-electron chi connectivity index (χ0n) is 10.5. The number of aliphatic hydroxyl groups excluding tert-OH is 1. The van der Waals surface area contributed by atoms with E-state index < -0.39 is 0 Å². The van der Waals surface area contributed by atoms with E-state index in [0.717, 1.165) is 25.9 Å². The van der Waals surface area contributed by atoms with Gasteiger partial charge in [-0.2, -0.15) is 0 Å². The zero-order valence-corrected chi connectivity index (χ0v) is 10.5. The molecule has 1 atom stereocenters. The van der Waals surface area contributed by atoms with E-state index in [1.165, 1.54) is 24.8 Å². The molecule has 2 heteroatoms. The molecule has 1 fully saturated rings. The standard InChI is InChI=1S/C15H23NO/c17-13-15-9-5-2-6-11-16(15)12-10-14-7-3-1-4-8-14/h1,3-4,7-8,15,17H,2,5-6,9-13H2. The molecule has 0 amide bonds. The molecule has 1 aliphatic heterocycles. The fraction of sp³-hybridized carbons (Fsp3) is 0.600. The van der Waals surface area contributed by atoms with E-state index in [9.17, 15) is 5.11 Å². The van der Waals surface area contributed by atoms with E-state index in [2.05, 4.69) is 35.2 Å². The lowest BCUT2D eigenvalue weighted by Gasteiger charge is -2.28. The van der Waals surface area contributed by atoms with Crippen LogP contribution >= 0.6 is 0 Å². The molecular weight excluding hydrogens is 210 g/mol. The molecule has 1 unspecified atom stereocenters. The molecule has 2 nitrogen and oxygen atoms in total. The summed E-state index contributed by atoms with van der Waals surface area (Å²) in [5, 5.41) is 9.44. The van der Waals surface area contributed by atoms with Crippen molar-refractivity contribution in [2.45, 2.75) is 38.1 Å². The highest BCUT2D eigenvalue weighted by atomic mass is 16.3. The first-order valence-electron chi connectivity index (χ1n) is 6.79. The van der Waals surface area contributed by atoms with Crippen LogP contribution in [0.1, 0.15) is 31.2 Å².